The fraction of sp³-hybridized carbons (Fsp3) is 0.238. The van der Waals surface area contributed by atoms with Crippen LogP contribution in [0.5, 0.6) is 11.5 Å². The number of ether oxygens (including phenoxy) is 3. The first-order chi connectivity index (χ1) is 13.4. The molecular weight excluding hydrogens is 365 g/mol. The molecule has 0 radical (unpaired) electrons. The number of carbonyl (C=O) groups excluding carboxylic acids is 2. The monoisotopic (exact) mass is 387 g/mol. The Bertz CT molecular complexity index is 864. The van der Waals surface area contributed by atoms with E-state index in [0.29, 0.717) is 17.1 Å². The van der Waals surface area contributed by atoms with Crippen LogP contribution in [0.1, 0.15) is 19.4 Å². The molecule has 7 heteroatoms. The summed E-state index contributed by atoms with van der Waals surface area (Å²) in [5.74, 6) is -0.773. The average molecular weight is 387 g/mol. The quantitative estimate of drug-likeness (QED) is 0.551. The molecule has 28 heavy (non-hydrogen) atoms. The largest absolute Gasteiger partial charge is 0.493 e. The van der Waals surface area contributed by atoms with Gasteiger partial charge >= 0.3 is 5.97 Å². The van der Waals surface area contributed by atoms with Crippen molar-refractivity contribution in [2.75, 3.05) is 19.0 Å². The highest BCUT2D eigenvalue weighted by molar-refractivity contribution is 5.94. The van der Waals surface area contributed by atoms with Gasteiger partial charge in [-0.1, -0.05) is 18.2 Å². The van der Waals surface area contributed by atoms with Gasteiger partial charge in [0, 0.05) is 6.08 Å². The molecule has 0 heterocycles. The first kappa shape index (κ1) is 21.0. The lowest BCUT2D eigenvalue weighted by molar-refractivity contribution is -0.142. The molecule has 0 saturated carbocycles. The molecule has 0 fully saturated rings. The maximum absolute atomic E-state index is 13.5. The maximum atomic E-state index is 13.5. The molecule has 0 saturated heterocycles. The van der Waals surface area contributed by atoms with Crippen molar-refractivity contribution in [3.8, 4) is 11.5 Å². The van der Waals surface area contributed by atoms with Crippen LogP contribution >= 0.6 is 0 Å². The summed E-state index contributed by atoms with van der Waals surface area (Å²) in [4.78, 5) is 23.5. The summed E-state index contributed by atoms with van der Waals surface area (Å²) in [6.45, 7) is 3.29. The summed E-state index contributed by atoms with van der Waals surface area (Å²) in [6, 6.07) is 10.9. The Morgan fingerprint density at radius 2 is 1.89 bits per heavy atom. The van der Waals surface area contributed by atoms with Crippen LogP contribution in [0.15, 0.2) is 48.5 Å². The molecule has 2 aromatic carbocycles. The van der Waals surface area contributed by atoms with Gasteiger partial charge in [-0.05, 0) is 49.8 Å². The molecule has 0 spiro atoms. The van der Waals surface area contributed by atoms with Crippen LogP contribution in [0, 0.1) is 5.82 Å². The van der Waals surface area contributed by atoms with E-state index in [9.17, 15) is 14.0 Å². The number of nitrogens with one attached hydrogen (secondary N) is 1. The zero-order valence-corrected chi connectivity index (χ0v) is 15.9. The van der Waals surface area contributed by atoms with E-state index in [1.807, 2.05) is 13.8 Å². The van der Waals surface area contributed by atoms with Gasteiger partial charge in [0.15, 0.2) is 18.1 Å². The standard InChI is InChI=1S/C21H22FNO5/c1-14(2)28-18-10-8-15(12-19(18)26-3)9-11-21(25)27-13-20(24)23-17-7-5-4-6-16(17)22/h4-12,14H,13H2,1-3H3,(H,23,24)/b11-9+. The van der Waals surface area contributed by atoms with Gasteiger partial charge in [0.1, 0.15) is 5.82 Å². The zero-order valence-electron chi connectivity index (χ0n) is 15.9. The second-order valence-corrected chi connectivity index (χ2v) is 6.05. The van der Waals surface area contributed by atoms with Gasteiger partial charge in [-0.15, -0.1) is 0 Å². The van der Waals surface area contributed by atoms with Gasteiger partial charge < -0.3 is 19.5 Å². The number of halogens is 1. The lowest BCUT2D eigenvalue weighted by Gasteiger charge is -2.13. The number of hydrogen-bond acceptors (Lipinski definition) is 5. The molecule has 0 bridgehead atoms. The van der Waals surface area contributed by atoms with Crippen molar-refractivity contribution in [3.05, 3.63) is 59.9 Å². The van der Waals surface area contributed by atoms with Crippen molar-refractivity contribution in [2.24, 2.45) is 0 Å². The second kappa shape index (κ2) is 10.1. The number of para-hydroxylation sites is 1. The molecule has 0 aliphatic carbocycles. The molecule has 1 N–H and O–H groups in total. The van der Waals surface area contributed by atoms with Crippen molar-refractivity contribution in [3.63, 3.8) is 0 Å². The first-order valence-corrected chi connectivity index (χ1v) is 8.63. The zero-order chi connectivity index (χ0) is 20.5. The Labute approximate surface area is 162 Å². The average Bonchev–Trinajstić information content (AvgIpc) is 2.67. The molecule has 0 aliphatic rings. The molecule has 2 rings (SSSR count). The Morgan fingerprint density at radius 1 is 1.14 bits per heavy atom. The third-order valence-electron chi connectivity index (χ3n) is 3.46. The smallest absolute Gasteiger partial charge is 0.331 e. The van der Waals surface area contributed by atoms with Crippen LogP contribution in [-0.2, 0) is 14.3 Å². The predicted octanol–water partition coefficient (Wildman–Crippen LogP) is 3.82. The van der Waals surface area contributed by atoms with Crippen LogP contribution in [0.3, 0.4) is 0 Å². The fourth-order valence-corrected chi connectivity index (χ4v) is 2.24. The normalized spacial score (nSPS) is 10.8. The minimum atomic E-state index is -0.704. The first-order valence-electron chi connectivity index (χ1n) is 8.63. The lowest BCUT2D eigenvalue weighted by Crippen LogP contribution is -2.20. The van der Waals surface area contributed by atoms with E-state index < -0.39 is 24.3 Å². The van der Waals surface area contributed by atoms with Gasteiger partial charge in [-0.2, -0.15) is 0 Å². The molecule has 0 aromatic heterocycles. The number of esters is 1. The summed E-state index contributed by atoms with van der Waals surface area (Å²) in [5, 5.41) is 2.33. The highest BCUT2D eigenvalue weighted by Crippen LogP contribution is 2.29. The van der Waals surface area contributed by atoms with Crippen LogP contribution in [-0.4, -0.2) is 31.7 Å². The number of anilines is 1. The van der Waals surface area contributed by atoms with Gasteiger partial charge in [0.2, 0.25) is 0 Å². The van der Waals surface area contributed by atoms with Crippen LogP contribution in [0.4, 0.5) is 10.1 Å². The lowest BCUT2D eigenvalue weighted by atomic mass is 10.2. The minimum absolute atomic E-state index is 0.000720. The van der Waals surface area contributed by atoms with Crippen molar-refractivity contribution >= 4 is 23.6 Å². The van der Waals surface area contributed by atoms with Gasteiger partial charge in [-0.3, -0.25) is 4.79 Å². The van der Waals surface area contributed by atoms with Gasteiger partial charge in [0.05, 0.1) is 18.9 Å². The fourth-order valence-electron chi connectivity index (χ4n) is 2.24. The van der Waals surface area contributed by atoms with E-state index >= 15 is 0 Å². The molecule has 0 unspecified atom stereocenters. The molecule has 0 atom stereocenters. The van der Waals surface area contributed by atoms with Crippen LogP contribution < -0.4 is 14.8 Å². The van der Waals surface area contributed by atoms with Crippen molar-refractivity contribution in [1.82, 2.24) is 0 Å². The number of benzene rings is 2. The Kier molecular flexibility index (Phi) is 7.56. The second-order valence-electron chi connectivity index (χ2n) is 6.05. The van der Waals surface area contributed by atoms with Crippen LogP contribution in [0.25, 0.3) is 6.08 Å². The van der Waals surface area contributed by atoms with Crippen molar-refractivity contribution in [2.45, 2.75) is 20.0 Å². The molecule has 6 nitrogen and oxygen atoms in total. The third kappa shape index (κ3) is 6.42. The van der Waals surface area contributed by atoms with Gasteiger partial charge in [-0.25, -0.2) is 9.18 Å². The Morgan fingerprint density at radius 3 is 2.57 bits per heavy atom. The topological polar surface area (TPSA) is 73.9 Å². The molecule has 1 amide bonds. The summed E-state index contributed by atoms with van der Waals surface area (Å²) in [7, 11) is 1.53. The molecule has 0 aliphatic heterocycles. The SMILES string of the molecule is COc1cc(/C=C/C(=O)OCC(=O)Nc2ccccc2F)ccc1OC(C)C. The maximum Gasteiger partial charge on any atom is 0.331 e. The number of hydrogen-bond donors (Lipinski definition) is 1. The number of methoxy groups -OCH3 is 1. The molecule has 148 valence electrons. The van der Waals surface area contributed by atoms with E-state index in [0.717, 1.165) is 0 Å². The van der Waals surface area contributed by atoms with Crippen molar-refractivity contribution < 1.29 is 28.2 Å². The Balaban J connectivity index is 1.89. The van der Waals surface area contributed by atoms with E-state index in [4.69, 9.17) is 14.2 Å². The summed E-state index contributed by atoms with van der Waals surface area (Å²) in [5.41, 5.74) is 0.718. The van der Waals surface area contributed by atoms with E-state index in [2.05, 4.69) is 5.32 Å². The Hall–Kier alpha value is -3.35. The summed E-state index contributed by atoms with van der Waals surface area (Å²) in [6.07, 6.45) is 2.72. The number of carbonyl (C=O) groups is 2. The number of rotatable bonds is 8. The number of amides is 1. The summed E-state index contributed by atoms with van der Waals surface area (Å²) < 4.78 is 29.2. The summed E-state index contributed by atoms with van der Waals surface area (Å²) >= 11 is 0. The van der Waals surface area contributed by atoms with Gasteiger partial charge in [0.25, 0.3) is 5.91 Å². The molecular formula is C21H22FNO5. The van der Waals surface area contributed by atoms with E-state index in [-0.39, 0.29) is 11.8 Å². The minimum Gasteiger partial charge on any atom is -0.493 e. The van der Waals surface area contributed by atoms with E-state index in [1.54, 1.807) is 24.3 Å². The highest BCUT2D eigenvalue weighted by atomic mass is 19.1. The van der Waals surface area contributed by atoms with Crippen molar-refractivity contribution in [1.29, 1.82) is 0 Å². The van der Waals surface area contributed by atoms with E-state index in [1.165, 1.54) is 37.5 Å². The highest BCUT2D eigenvalue weighted by Gasteiger charge is 2.09. The predicted molar refractivity (Wildman–Crippen MR) is 104 cm³/mol. The molecule has 2 aromatic rings. The third-order valence-corrected chi connectivity index (χ3v) is 3.46. The van der Waals surface area contributed by atoms with Crippen LogP contribution in [0.2, 0.25) is 0 Å².